The van der Waals surface area contributed by atoms with Gasteiger partial charge in [-0.1, -0.05) is 0 Å². The van der Waals surface area contributed by atoms with Gasteiger partial charge >= 0.3 is 6.01 Å². The summed E-state index contributed by atoms with van der Waals surface area (Å²) < 4.78 is 27.9. The molecule has 8 nitrogen and oxygen atoms in total. The number of carbonyl (C=O) groups excluding carboxylic acids is 1. The molecule has 0 saturated heterocycles. The molecule has 3 rings (SSSR count). The molecule has 0 aliphatic carbocycles. The number of anilines is 1. The van der Waals surface area contributed by atoms with Crippen molar-refractivity contribution < 1.29 is 17.9 Å². The topological polar surface area (TPSA) is 124 Å². The quantitative estimate of drug-likeness (QED) is 0.709. The first-order chi connectivity index (χ1) is 12.4. The molecule has 0 aliphatic heterocycles. The summed E-state index contributed by atoms with van der Waals surface area (Å²) in [5.74, 6) is 0.140. The van der Waals surface area contributed by atoms with Gasteiger partial charge in [0.1, 0.15) is 5.75 Å². The van der Waals surface area contributed by atoms with Crippen LogP contribution in [0.4, 0.5) is 5.69 Å². The number of nitrogens with one attached hydrogen (secondary N) is 1. The van der Waals surface area contributed by atoms with E-state index >= 15 is 0 Å². The summed E-state index contributed by atoms with van der Waals surface area (Å²) in [6, 6.07) is 13.9. The average molecular weight is 370 g/mol. The van der Waals surface area contributed by atoms with E-state index in [9.17, 15) is 13.2 Å². The Hall–Kier alpha value is -3.30. The highest BCUT2D eigenvalue weighted by Crippen LogP contribution is 2.19. The van der Waals surface area contributed by atoms with Crippen LogP contribution in [-0.4, -0.2) is 24.3 Å². The number of carbonyl (C=O) groups is 1. The van der Waals surface area contributed by atoms with Crippen LogP contribution in [0.3, 0.4) is 0 Å². The SMILES string of the molecule is NS(=O)(=O)c1ccc(NC(=O)c2ccc(Oc3ncccn3)cc2)cc1. The van der Waals surface area contributed by atoms with Gasteiger partial charge in [-0.05, 0) is 54.6 Å². The van der Waals surface area contributed by atoms with Crippen molar-refractivity contribution in [2.75, 3.05) is 5.32 Å². The van der Waals surface area contributed by atoms with Gasteiger partial charge in [0.05, 0.1) is 4.90 Å². The number of sulfonamides is 1. The Morgan fingerprint density at radius 2 is 1.58 bits per heavy atom. The van der Waals surface area contributed by atoms with Gasteiger partial charge in [-0.25, -0.2) is 23.5 Å². The van der Waals surface area contributed by atoms with Gasteiger partial charge in [-0.3, -0.25) is 4.79 Å². The fourth-order valence-corrected chi connectivity index (χ4v) is 2.56. The first-order valence-electron chi connectivity index (χ1n) is 7.41. The molecule has 26 heavy (non-hydrogen) atoms. The van der Waals surface area contributed by atoms with Crippen LogP contribution >= 0.6 is 0 Å². The molecule has 0 spiro atoms. The number of nitrogens with zero attached hydrogens (tertiary/aromatic N) is 2. The molecule has 0 saturated carbocycles. The molecular formula is C17H14N4O4S. The van der Waals surface area contributed by atoms with Crippen LogP contribution in [0.2, 0.25) is 0 Å². The van der Waals surface area contributed by atoms with Crippen molar-refractivity contribution in [3.05, 3.63) is 72.6 Å². The van der Waals surface area contributed by atoms with Crippen molar-refractivity contribution in [2.24, 2.45) is 5.14 Å². The average Bonchev–Trinajstić information content (AvgIpc) is 2.63. The molecule has 1 aromatic heterocycles. The molecule has 1 heterocycles. The maximum absolute atomic E-state index is 12.2. The van der Waals surface area contributed by atoms with E-state index in [4.69, 9.17) is 9.88 Å². The first kappa shape index (κ1) is 17.5. The van der Waals surface area contributed by atoms with Gasteiger partial charge in [-0.2, -0.15) is 0 Å². The molecule has 9 heteroatoms. The number of amides is 1. The van der Waals surface area contributed by atoms with Gasteiger partial charge in [-0.15, -0.1) is 0 Å². The number of aromatic nitrogens is 2. The van der Waals surface area contributed by atoms with E-state index in [1.807, 2.05) is 0 Å². The Bertz CT molecular complexity index is 1000. The van der Waals surface area contributed by atoms with E-state index in [2.05, 4.69) is 15.3 Å². The van der Waals surface area contributed by atoms with Crippen molar-refractivity contribution >= 4 is 21.6 Å². The van der Waals surface area contributed by atoms with E-state index in [1.165, 1.54) is 24.3 Å². The summed E-state index contributed by atoms with van der Waals surface area (Å²) >= 11 is 0. The molecule has 0 aliphatic rings. The smallest absolute Gasteiger partial charge is 0.321 e. The fourth-order valence-electron chi connectivity index (χ4n) is 2.05. The van der Waals surface area contributed by atoms with E-state index in [0.29, 0.717) is 17.0 Å². The molecule has 0 fully saturated rings. The standard InChI is InChI=1S/C17H14N4O4S/c18-26(23,24)15-8-4-13(5-9-15)21-16(22)12-2-6-14(7-3-12)25-17-19-10-1-11-20-17/h1-11H,(H,21,22)(H2,18,23,24). The molecule has 0 bridgehead atoms. The lowest BCUT2D eigenvalue weighted by Crippen LogP contribution is -2.13. The minimum absolute atomic E-state index is 0.0277. The minimum atomic E-state index is -3.77. The lowest BCUT2D eigenvalue weighted by Gasteiger charge is -2.07. The van der Waals surface area contributed by atoms with E-state index in [1.54, 1.807) is 42.7 Å². The largest absolute Gasteiger partial charge is 0.424 e. The molecule has 2 aromatic carbocycles. The number of nitrogens with two attached hydrogens (primary N) is 1. The predicted octanol–water partition coefficient (Wildman–Crippen LogP) is 2.17. The Kier molecular flexibility index (Phi) is 4.92. The number of hydrogen-bond acceptors (Lipinski definition) is 6. The third-order valence-corrected chi connectivity index (χ3v) is 4.24. The fraction of sp³-hybridized carbons (Fsp3) is 0. The zero-order valence-corrected chi connectivity index (χ0v) is 14.2. The minimum Gasteiger partial charge on any atom is -0.424 e. The van der Waals surface area contributed by atoms with Crippen LogP contribution in [0.5, 0.6) is 11.8 Å². The summed E-state index contributed by atoms with van der Waals surface area (Å²) in [5.41, 5.74) is 0.849. The number of ether oxygens (including phenoxy) is 1. The van der Waals surface area contributed by atoms with Gasteiger partial charge in [0.15, 0.2) is 0 Å². The van der Waals surface area contributed by atoms with Gasteiger partial charge in [0, 0.05) is 23.6 Å². The second-order valence-corrected chi connectivity index (χ2v) is 6.74. The van der Waals surface area contributed by atoms with Crippen LogP contribution in [0.1, 0.15) is 10.4 Å². The monoisotopic (exact) mass is 370 g/mol. The van der Waals surface area contributed by atoms with Crippen LogP contribution in [-0.2, 0) is 10.0 Å². The third-order valence-electron chi connectivity index (χ3n) is 3.31. The first-order valence-corrected chi connectivity index (χ1v) is 8.95. The lowest BCUT2D eigenvalue weighted by atomic mass is 10.2. The molecule has 0 unspecified atom stereocenters. The summed E-state index contributed by atoms with van der Waals surface area (Å²) in [5, 5.41) is 7.70. The van der Waals surface area contributed by atoms with Crippen LogP contribution in [0.25, 0.3) is 0 Å². The third kappa shape index (κ3) is 4.41. The molecular weight excluding hydrogens is 356 g/mol. The molecule has 132 valence electrons. The molecule has 3 N–H and O–H groups in total. The summed E-state index contributed by atoms with van der Waals surface area (Å²) in [4.78, 5) is 20.1. The highest BCUT2D eigenvalue weighted by atomic mass is 32.2. The van der Waals surface area contributed by atoms with Gasteiger partial charge in [0.25, 0.3) is 5.91 Å². The second-order valence-electron chi connectivity index (χ2n) is 5.18. The summed E-state index contributed by atoms with van der Waals surface area (Å²) in [6.45, 7) is 0. The number of rotatable bonds is 5. The van der Waals surface area contributed by atoms with E-state index in [0.717, 1.165) is 0 Å². The molecule has 3 aromatic rings. The van der Waals surface area contributed by atoms with Crippen molar-refractivity contribution in [1.82, 2.24) is 9.97 Å². The van der Waals surface area contributed by atoms with Crippen molar-refractivity contribution in [2.45, 2.75) is 4.90 Å². The van der Waals surface area contributed by atoms with E-state index in [-0.39, 0.29) is 16.8 Å². The second kappa shape index (κ2) is 7.30. The molecule has 0 radical (unpaired) electrons. The van der Waals surface area contributed by atoms with Gasteiger partial charge in [0.2, 0.25) is 10.0 Å². The van der Waals surface area contributed by atoms with Gasteiger partial charge < -0.3 is 10.1 Å². The molecule has 1 amide bonds. The maximum Gasteiger partial charge on any atom is 0.321 e. The molecule has 0 atom stereocenters. The van der Waals surface area contributed by atoms with E-state index < -0.39 is 10.0 Å². The van der Waals surface area contributed by atoms with Crippen LogP contribution in [0.15, 0.2) is 71.9 Å². The predicted molar refractivity (Wildman–Crippen MR) is 94.3 cm³/mol. The highest BCUT2D eigenvalue weighted by molar-refractivity contribution is 7.89. The lowest BCUT2D eigenvalue weighted by molar-refractivity contribution is 0.102. The Morgan fingerprint density at radius 1 is 0.962 bits per heavy atom. The summed E-state index contributed by atoms with van der Waals surface area (Å²) in [6.07, 6.45) is 3.12. The maximum atomic E-state index is 12.2. The van der Waals surface area contributed by atoms with Crippen molar-refractivity contribution in [1.29, 1.82) is 0 Å². The number of hydrogen-bond donors (Lipinski definition) is 2. The van der Waals surface area contributed by atoms with Crippen molar-refractivity contribution in [3.8, 4) is 11.8 Å². The Morgan fingerprint density at radius 3 is 2.15 bits per heavy atom. The van der Waals surface area contributed by atoms with Crippen LogP contribution < -0.4 is 15.2 Å². The zero-order valence-electron chi connectivity index (χ0n) is 13.4. The zero-order chi connectivity index (χ0) is 18.6. The number of benzene rings is 2. The Balaban J connectivity index is 1.66. The summed E-state index contributed by atoms with van der Waals surface area (Å²) in [7, 11) is -3.77. The number of primary sulfonamides is 1. The normalized spacial score (nSPS) is 11.0. The van der Waals surface area contributed by atoms with Crippen molar-refractivity contribution in [3.63, 3.8) is 0 Å². The highest BCUT2D eigenvalue weighted by Gasteiger charge is 2.10. The van der Waals surface area contributed by atoms with Crippen LogP contribution in [0, 0.1) is 0 Å². The Labute approximate surface area is 149 Å².